The lowest BCUT2D eigenvalue weighted by Crippen LogP contribution is -2.39. The van der Waals surface area contributed by atoms with E-state index in [2.05, 4.69) is 29.0 Å². The van der Waals surface area contributed by atoms with Gasteiger partial charge in [0.25, 0.3) is 5.56 Å². The van der Waals surface area contributed by atoms with Crippen molar-refractivity contribution in [2.24, 2.45) is 18.9 Å². The van der Waals surface area contributed by atoms with Crippen molar-refractivity contribution in [2.75, 3.05) is 43.0 Å². The van der Waals surface area contributed by atoms with Gasteiger partial charge in [-0.3, -0.25) is 4.79 Å². The number of aromatic nitrogens is 3. The topological polar surface area (TPSA) is 89.4 Å². The van der Waals surface area contributed by atoms with Crippen molar-refractivity contribution in [3.05, 3.63) is 45.8 Å². The predicted molar refractivity (Wildman–Crippen MR) is 140 cm³/mol. The summed E-state index contributed by atoms with van der Waals surface area (Å²) in [6.45, 7) is 9.59. The second-order valence-corrected chi connectivity index (χ2v) is 13.6. The first-order valence-electron chi connectivity index (χ1n) is 11.4. The maximum absolute atomic E-state index is 12.6. The number of hydrogen-bond acceptors (Lipinski definition) is 7. The lowest BCUT2D eigenvalue weighted by molar-refractivity contribution is 0.353. The second-order valence-electron chi connectivity index (χ2n) is 9.84. The summed E-state index contributed by atoms with van der Waals surface area (Å²) in [7, 11) is -0.737. The van der Waals surface area contributed by atoms with Crippen molar-refractivity contribution in [1.29, 1.82) is 0 Å². The number of fused-ring (bicyclic) bond motifs is 1. The number of rotatable bonds is 6. The average Bonchev–Trinajstić information content (AvgIpc) is 2.75. The Morgan fingerprint density at radius 1 is 1.21 bits per heavy atom. The van der Waals surface area contributed by atoms with Gasteiger partial charge in [-0.2, -0.15) is 4.98 Å². The number of benzene rings is 1. The first-order valence-corrected chi connectivity index (χ1v) is 14.5. The fraction of sp³-hybridized carbons (Fsp3) is 0.458. The van der Waals surface area contributed by atoms with Gasteiger partial charge in [0.1, 0.15) is 18.5 Å². The van der Waals surface area contributed by atoms with Crippen LogP contribution in [-0.4, -0.2) is 47.3 Å². The molecule has 0 saturated carbocycles. The SMILES string of the molecule is CC1CC(C)CN(c2ncc(Cl)c(Nc3ccc4c(c3)cc(OCP(C)(C)=O)c(=O)n4C)n2)C1. The van der Waals surface area contributed by atoms with Crippen molar-refractivity contribution in [1.82, 2.24) is 14.5 Å². The van der Waals surface area contributed by atoms with Gasteiger partial charge in [0, 0.05) is 31.2 Å². The van der Waals surface area contributed by atoms with Gasteiger partial charge in [-0.1, -0.05) is 25.4 Å². The van der Waals surface area contributed by atoms with Crippen LogP contribution in [0.15, 0.2) is 35.3 Å². The van der Waals surface area contributed by atoms with Crippen molar-refractivity contribution in [2.45, 2.75) is 20.3 Å². The van der Waals surface area contributed by atoms with E-state index in [0.29, 0.717) is 28.6 Å². The van der Waals surface area contributed by atoms with Crippen molar-refractivity contribution in [3.63, 3.8) is 0 Å². The van der Waals surface area contributed by atoms with Gasteiger partial charge in [0.05, 0.1) is 11.7 Å². The van der Waals surface area contributed by atoms with Gasteiger partial charge in [-0.05, 0) is 55.9 Å². The summed E-state index contributed by atoms with van der Waals surface area (Å²) in [6, 6.07) is 7.32. The number of piperidine rings is 1. The molecule has 0 aliphatic carbocycles. The predicted octanol–water partition coefficient (Wildman–Crippen LogP) is 5.17. The summed E-state index contributed by atoms with van der Waals surface area (Å²) in [5.41, 5.74) is 1.25. The van der Waals surface area contributed by atoms with E-state index in [1.54, 1.807) is 32.6 Å². The zero-order valence-corrected chi connectivity index (χ0v) is 21.9. The van der Waals surface area contributed by atoms with Gasteiger partial charge >= 0.3 is 0 Å². The number of anilines is 3. The highest BCUT2D eigenvalue weighted by molar-refractivity contribution is 7.62. The molecule has 34 heavy (non-hydrogen) atoms. The van der Waals surface area contributed by atoms with Gasteiger partial charge < -0.3 is 24.1 Å². The molecule has 10 heteroatoms. The normalized spacial score (nSPS) is 18.8. The van der Waals surface area contributed by atoms with Crippen LogP contribution >= 0.6 is 18.7 Å². The lowest BCUT2D eigenvalue weighted by atomic mass is 9.92. The molecule has 0 bridgehead atoms. The van der Waals surface area contributed by atoms with Crippen LogP contribution in [0, 0.1) is 11.8 Å². The van der Waals surface area contributed by atoms with Crippen LogP contribution in [0.25, 0.3) is 10.9 Å². The molecule has 2 aromatic heterocycles. The molecule has 0 spiro atoms. The summed E-state index contributed by atoms with van der Waals surface area (Å²) < 4.78 is 19.2. The quantitative estimate of drug-likeness (QED) is 0.464. The van der Waals surface area contributed by atoms with E-state index in [1.165, 1.54) is 11.0 Å². The monoisotopic (exact) mass is 503 g/mol. The van der Waals surface area contributed by atoms with Crippen molar-refractivity contribution >= 4 is 47.1 Å². The van der Waals surface area contributed by atoms with Crippen LogP contribution in [0.3, 0.4) is 0 Å². The molecule has 1 saturated heterocycles. The Bertz CT molecular complexity index is 1310. The van der Waals surface area contributed by atoms with E-state index in [1.807, 2.05) is 18.2 Å². The van der Waals surface area contributed by atoms with Gasteiger partial charge in [-0.25, -0.2) is 4.98 Å². The van der Waals surface area contributed by atoms with Crippen molar-refractivity contribution < 1.29 is 9.30 Å². The maximum Gasteiger partial charge on any atom is 0.293 e. The number of nitrogens with one attached hydrogen (secondary N) is 1. The zero-order valence-electron chi connectivity index (χ0n) is 20.2. The van der Waals surface area contributed by atoms with E-state index in [0.717, 1.165) is 29.7 Å². The minimum absolute atomic E-state index is 0.0126. The molecule has 1 aliphatic heterocycles. The average molecular weight is 504 g/mol. The molecule has 1 fully saturated rings. The highest BCUT2D eigenvalue weighted by atomic mass is 35.5. The summed E-state index contributed by atoms with van der Waals surface area (Å²) in [5, 5.41) is 4.52. The van der Waals surface area contributed by atoms with Crippen LogP contribution in [0.4, 0.5) is 17.5 Å². The Morgan fingerprint density at radius 2 is 1.91 bits per heavy atom. The van der Waals surface area contributed by atoms with E-state index in [-0.39, 0.29) is 17.7 Å². The number of pyridine rings is 1. The zero-order chi connectivity index (χ0) is 24.6. The Labute approximate surface area is 204 Å². The van der Waals surface area contributed by atoms with Crippen molar-refractivity contribution in [3.8, 4) is 5.75 Å². The van der Waals surface area contributed by atoms with E-state index >= 15 is 0 Å². The third kappa shape index (κ3) is 5.56. The Balaban J connectivity index is 1.63. The number of nitrogens with zero attached hydrogens (tertiary/aromatic N) is 4. The molecular formula is C24H31ClN5O3P. The van der Waals surface area contributed by atoms with Crippen LogP contribution in [0.1, 0.15) is 20.3 Å². The second kappa shape index (κ2) is 9.59. The number of hydrogen-bond donors (Lipinski definition) is 1. The molecule has 1 aromatic carbocycles. The highest BCUT2D eigenvalue weighted by Crippen LogP contribution is 2.36. The Morgan fingerprint density at radius 3 is 2.59 bits per heavy atom. The molecule has 4 rings (SSSR count). The molecule has 1 aliphatic rings. The molecule has 182 valence electrons. The minimum Gasteiger partial charge on any atom is -0.480 e. The molecular weight excluding hydrogens is 473 g/mol. The van der Waals surface area contributed by atoms with E-state index < -0.39 is 7.14 Å². The first kappa shape index (κ1) is 24.6. The van der Waals surface area contributed by atoms with Crippen LogP contribution in [0.2, 0.25) is 5.02 Å². The minimum atomic E-state index is -2.43. The lowest BCUT2D eigenvalue weighted by Gasteiger charge is -2.35. The van der Waals surface area contributed by atoms with E-state index in [4.69, 9.17) is 21.3 Å². The maximum atomic E-state index is 12.6. The summed E-state index contributed by atoms with van der Waals surface area (Å²) in [5.74, 6) is 2.52. The molecule has 3 aromatic rings. The smallest absolute Gasteiger partial charge is 0.293 e. The van der Waals surface area contributed by atoms with Crippen LogP contribution in [-0.2, 0) is 11.6 Å². The molecule has 0 amide bonds. The molecule has 2 atom stereocenters. The fourth-order valence-electron chi connectivity index (χ4n) is 4.42. The van der Waals surface area contributed by atoms with Gasteiger partial charge in [-0.15, -0.1) is 0 Å². The largest absolute Gasteiger partial charge is 0.480 e. The first-order chi connectivity index (χ1) is 16.0. The third-order valence-electron chi connectivity index (χ3n) is 5.87. The molecule has 1 N–H and O–H groups in total. The summed E-state index contributed by atoms with van der Waals surface area (Å²) in [6.07, 6.45) is 2.84. The van der Waals surface area contributed by atoms with Gasteiger partial charge in [0.15, 0.2) is 11.6 Å². The summed E-state index contributed by atoms with van der Waals surface area (Å²) in [4.78, 5) is 24.0. The van der Waals surface area contributed by atoms with Gasteiger partial charge in [0.2, 0.25) is 5.95 Å². The Kier molecular flexibility index (Phi) is 6.92. The number of aryl methyl sites for hydroxylation is 1. The van der Waals surface area contributed by atoms with Crippen LogP contribution < -0.4 is 20.5 Å². The number of halogens is 1. The molecule has 3 heterocycles. The third-order valence-corrected chi connectivity index (χ3v) is 6.90. The molecule has 8 nitrogen and oxygen atoms in total. The highest BCUT2D eigenvalue weighted by Gasteiger charge is 2.24. The Hall–Kier alpha value is -2.57. The molecule has 0 radical (unpaired) electrons. The number of ether oxygens (including phenoxy) is 1. The van der Waals surface area contributed by atoms with Crippen LogP contribution in [0.5, 0.6) is 5.75 Å². The molecule has 2 unspecified atom stereocenters. The fourth-order valence-corrected chi connectivity index (χ4v) is 5.01. The standard InChI is InChI=1S/C24H31ClN5O3P/c1-15-8-16(2)13-30(12-15)24-26-11-19(25)22(28-24)27-18-6-7-20-17(9-18)10-21(23(31)29(20)3)33-14-34(4,5)32/h6-7,9-11,15-16H,8,12-14H2,1-5H3,(H,26,27,28). The summed E-state index contributed by atoms with van der Waals surface area (Å²) >= 11 is 6.42. The van der Waals surface area contributed by atoms with E-state index in [9.17, 15) is 9.36 Å².